The van der Waals surface area contributed by atoms with Crippen molar-refractivity contribution in [1.82, 2.24) is 14.8 Å². The Hall–Kier alpha value is -0.450. The molecule has 0 aliphatic carbocycles. The lowest BCUT2D eigenvalue weighted by Gasteiger charge is -2.32. The highest BCUT2D eigenvalue weighted by Crippen LogP contribution is 2.32. The van der Waals surface area contributed by atoms with Gasteiger partial charge in [-0.3, -0.25) is 9.80 Å². The summed E-state index contributed by atoms with van der Waals surface area (Å²) in [7, 11) is 0. The minimum Gasteiger partial charge on any atom is -0.296 e. The van der Waals surface area contributed by atoms with Crippen molar-refractivity contribution in [1.29, 1.82) is 0 Å². The number of fused-ring (bicyclic) bond motifs is 2. The van der Waals surface area contributed by atoms with Crippen LogP contribution in [0.1, 0.15) is 50.7 Å². The van der Waals surface area contributed by atoms with Crippen molar-refractivity contribution in [3.63, 3.8) is 0 Å². The van der Waals surface area contributed by atoms with Crippen LogP contribution in [0.5, 0.6) is 0 Å². The highest BCUT2D eigenvalue weighted by atomic mass is 32.1. The predicted molar refractivity (Wildman–Crippen MR) is 85.2 cm³/mol. The van der Waals surface area contributed by atoms with Crippen molar-refractivity contribution in [2.24, 2.45) is 0 Å². The van der Waals surface area contributed by atoms with Gasteiger partial charge in [0.1, 0.15) is 0 Å². The van der Waals surface area contributed by atoms with Gasteiger partial charge >= 0.3 is 0 Å². The number of hydrogen-bond donors (Lipinski definition) is 0. The SMILES string of the molecule is CCc1nc(CN2CCC3CCC(C2)N3C(C)C)cs1. The maximum Gasteiger partial charge on any atom is 0.0926 e. The predicted octanol–water partition coefficient (Wildman–Crippen LogP) is 3.15. The van der Waals surface area contributed by atoms with E-state index in [4.69, 9.17) is 4.98 Å². The Morgan fingerprint density at radius 1 is 1.30 bits per heavy atom. The van der Waals surface area contributed by atoms with Gasteiger partial charge in [0.05, 0.1) is 10.7 Å². The Bertz CT molecular complexity index is 443. The van der Waals surface area contributed by atoms with Gasteiger partial charge in [0.15, 0.2) is 0 Å². The molecule has 1 aromatic rings. The highest BCUT2D eigenvalue weighted by Gasteiger charge is 2.38. The van der Waals surface area contributed by atoms with Crippen molar-refractivity contribution < 1.29 is 0 Å². The van der Waals surface area contributed by atoms with Gasteiger partial charge in [0.25, 0.3) is 0 Å². The van der Waals surface area contributed by atoms with E-state index in [1.165, 1.54) is 43.1 Å². The number of thiazole rings is 1. The van der Waals surface area contributed by atoms with Crippen molar-refractivity contribution in [2.75, 3.05) is 13.1 Å². The topological polar surface area (TPSA) is 19.4 Å². The van der Waals surface area contributed by atoms with Crippen LogP contribution < -0.4 is 0 Å². The Morgan fingerprint density at radius 3 is 2.80 bits per heavy atom. The Balaban J connectivity index is 1.65. The van der Waals surface area contributed by atoms with Gasteiger partial charge in [-0.05, 0) is 39.5 Å². The molecule has 20 heavy (non-hydrogen) atoms. The van der Waals surface area contributed by atoms with Crippen LogP contribution in [0.2, 0.25) is 0 Å². The van der Waals surface area contributed by atoms with E-state index in [0.717, 1.165) is 25.0 Å². The van der Waals surface area contributed by atoms with E-state index in [0.29, 0.717) is 6.04 Å². The second kappa shape index (κ2) is 6.12. The van der Waals surface area contributed by atoms with Crippen molar-refractivity contribution >= 4 is 11.3 Å². The lowest BCUT2D eigenvalue weighted by atomic mass is 10.1. The molecule has 0 aromatic carbocycles. The summed E-state index contributed by atoms with van der Waals surface area (Å²) in [4.78, 5) is 10.1. The fourth-order valence-corrected chi connectivity index (χ4v) is 4.72. The molecule has 3 heterocycles. The summed E-state index contributed by atoms with van der Waals surface area (Å²) in [5, 5.41) is 3.53. The lowest BCUT2D eigenvalue weighted by Crippen LogP contribution is -2.43. The van der Waals surface area contributed by atoms with Crippen LogP contribution >= 0.6 is 11.3 Å². The first kappa shape index (κ1) is 14.5. The smallest absolute Gasteiger partial charge is 0.0926 e. The average molecular weight is 293 g/mol. The summed E-state index contributed by atoms with van der Waals surface area (Å²) >= 11 is 1.82. The van der Waals surface area contributed by atoms with E-state index in [2.05, 4.69) is 36.0 Å². The van der Waals surface area contributed by atoms with Crippen LogP contribution in [0.15, 0.2) is 5.38 Å². The summed E-state index contributed by atoms with van der Waals surface area (Å²) in [6, 6.07) is 2.29. The molecule has 3 nitrogen and oxygen atoms in total. The number of likely N-dealkylation sites (tertiary alicyclic amines) is 1. The molecule has 0 amide bonds. The number of aromatic nitrogens is 1. The molecule has 2 aliphatic rings. The second-order valence-corrected chi connectivity index (χ2v) is 7.48. The number of nitrogens with zero attached hydrogens (tertiary/aromatic N) is 3. The molecule has 2 bridgehead atoms. The van der Waals surface area contributed by atoms with E-state index in [1.54, 1.807) is 0 Å². The fourth-order valence-electron chi connectivity index (χ4n) is 3.98. The summed E-state index contributed by atoms with van der Waals surface area (Å²) in [6.07, 6.45) is 5.19. The summed E-state index contributed by atoms with van der Waals surface area (Å²) < 4.78 is 0. The molecule has 2 unspecified atom stereocenters. The quantitative estimate of drug-likeness (QED) is 0.850. The monoisotopic (exact) mass is 293 g/mol. The summed E-state index contributed by atoms with van der Waals surface area (Å²) in [6.45, 7) is 10.4. The third-order valence-corrected chi connectivity index (χ3v) is 5.85. The van der Waals surface area contributed by atoms with Gasteiger partial charge in [0.2, 0.25) is 0 Å². The third-order valence-electron chi connectivity index (χ3n) is 4.81. The maximum atomic E-state index is 4.73. The summed E-state index contributed by atoms with van der Waals surface area (Å²) in [5.74, 6) is 0. The fraction of sp³-hybridized carbons (Fsp3) is 0.812. The molecule has 0 spiro atoms. The minimum absolute atomic E-state index is 0.693. The highest BCUT2D eigenvalue weighted by molar-refractivity contribution is 7.09. The molecule has 0 saturated carbocycles. The van der Waals surface area contributed by atoms with Crippen molar-refractivity contribution in [2.45, 2.75) is 71.1 Å². The van der Waals surface area contributed by atoms with Crippen LogP contribution in [0.25, 0.3) is 0 Å². The minimum atomic E-state index is 0.693. The molecular weight excluding hydrogens is 266 g/mol. The van der Waals surface area contributed by atoms with Crippen LogP contribution in [0.3, 0.4) is 0 Å². The first-order chi connectivity index (χ1) is 9.67. The second-order valence-electron chi connectivity index (χ2n) is 6.54. The van der Waals surface area contributed by atoms with Gasteiger partial charge in [0, 0.05) is 43.1 Å². The Morgan fingerprint density at radius 2 is 2.10 bits per heavy atom. The maximum absolute atomic E-state index is 4.73. The molecule has 0 radical (unpaired) electrons. The van der Waals surface area contributed by atoms with Gasteiger partial charge in [-0.2, -0.15) is 0 Å². The molecule has 2 aliphatic heterocycles. The van der Waals surface area contributed by atoms with Crippen LogP contribution in [0.4, 0.5) is 0 Å². The zero-order valence-corrected chi connectivity index (χ0v) is 13.8. The number of rotatable bonds is 4. The van der Waals surface area contributed by atoms with Gasteiger partial charge in [-0.25, -0.2) is 4.98 Å². The Kier molecular flexibility index (Phi) is 4.43. The lowest BCUT2D eigenvalue weighted by molar-refractivity contribution is 0.145. The number of aryl methyl sites for hydroxylation is 1. The van der Waals surface area contributed by atoms with E-state index < -0.39 is 0 Å². The van der Waals surface area contributed by atoms with Crippen LogP contribution in [-0.4, -0.2) is 46.0 Å². The van der Waals surface area contributed by atoms with Crippen molar-refractivity contribution in [3.05, 3.63) is 16.1 Å². The zero-order valence-electron chi connectivity index (χ0n) is 13.0. The first-order valence-corrected chi connectivity index (χ1v) is 8.98. The molecular formula is C16H27N3S. The molecule has 2 fully saturated rings. The van der Waals surface area contributed by atoms with E-state index in [9.17, 15) is 0 Å². The average Bonchev–Trinajstić information content (AvgIpc) is 2.96. The van der Waals surface area contributed by atoms with E-state index >= 15 is 0 Å². The van der Waals surface area contributed by atoms with Gasteiger partial charge < -0.3 is 0 Å². The van der Waals surface area contributed by atoms with Crippen LogP contribution in [-0.2, 0) is 13.0 Å². The molecule has 2 atom stereocenters. The normalized spacial score (nSPS) is 28.2. The molecule has 4 heteroatoms. The number of hydrogen-bond acceptors (Lipinski definition) is 4. The van der Waals surface area contributed by atoms with E-state index in [1.807, 2.05) is 11.3 Å². The molecule has 0 N–H and O–H groups in total. The van der Waals surface area contributed by atoms with E-state index in [-0.39, 0.29) is 0 Å². The standard InChI is InChI=1S/C16H27N3S/c1-4-16-17-13(11-20-16)9-18-8-7-14-5-6-15(10-18)19(14)12(2)3/h11-12,14-15H,4-10H2,1-3H3. The molecule has 112 valence electrons. The summed E-state index contributed by atoms with van der Waals surface area (Å²) in [5.41, 5.74) is 1.28. The van der Waals surface area contributed by atoms with Crippen LogP contribution in [0, 0.1) is 0 Å². The zero-order chi connectivity index (χ0) is 14.1. The van der Waals surface area contributed by atoms with Crippen molar-refractivity contribution in [3.8, 4) is 0 Å². The Labute approximate surface area is 127 Å². The van der Waals surface area contributed by atoms with Gasteiger partial charge in [-0.15, -0.1) is 11.3 Å². The third kappa shape index (κ3) is 2.92. The largest absolute Gasteiger partial charge is 0.296 e. The first-order valence-electron chi connectivity index (χ1n) is 8.10. The molecule has 3 rings (SSSR count). The molecule has 2 saturated heterocycles. The molecule has 1 aromatic heterocycles. The van der Waals surface area contributed by atoms with Gasteiger partial charge in [-0.1, -0.05) is 6.92 Å².